The minimum absolute atomic E-state index is 0.119. The van der Waals surface area contributed by atoms with Gasteiger partial charge in [0.25, 0.3) is 0 Å². The van der Waals surface area contributed by atoms with Crippen LogP contribution in [0.2, 0.25) is 0 Å². The number of rotatable bonds is 17. The van der Waals surface area contributed by atoms with Crippen molar-refractivity contribution < 1.29 is 0 Å². The van der Waals surface area contributed by atoms with Gasteiger partial charge in [0, 0.05) is 13.0 Å². The Morgan fingerprint density at radius 2 is 1.40 bits per heavy atom. The van der Waals surface area contributed by atoms with E-state index >= 15 is 0 Å². The Kier molecular flexibility index (Phi) is 13.7. The normalized spacial score (nSPS) is 15.4. The van der Waals surface area contributed by atoms with Crippen LogP contribution in [-0.2, 0) is 0 Å². The molecule has 1 heterocycles. The molecule has 146 valence electrons. The van der Waals surface area contributed by atoms with E-state index < -0.39 is 0 Å². The lowest BCUT2D eigenvalue weighted by Gasteiger charge is -2.24. The van der Waals surface area contributed by atoms with E-state index in [0.29, 0.717) is 0 Å². The maximum absolute atomic E-state index is 5.99. The maximum atomic E-state index is 5.99. The molecule has 3 heteroatoms. The average molecular weight is 350 g/mol. The molecule has 1 unspecified atom stereocenters. The fourth-order valence-corrected chi connectivity index (χ4v) is 3.68. The molecule has 0 radical (unpaired) electrons. The predicted molar refractivity (Wildman–Crippen MR) is 112 cm³/mol. The van der Waals surface area contributed by atoms with Crippen LogP contribution in [0.1, 0.15) is 103 Å². The summed E-state index contributed by atoms with van der Waals surface area (Å²) in [6.45, 7) is 7.79. The molecule has 0 saturated heterocycles. The highest BCUT2D eigenvalue weighted by molar-refractivity contribution is 5.83. The minimum Gasteiger partial charge on any atom is -0.343 e. The molecule has 1 aliphatic heterocycles. The number of nitrogens with zero attached hydrogens (tertiary/aromatic N) is 2. The van der Waals surface area contributed by atoms with Crippen molar-refractivity contribution in [2.24, 2.45) is 10.7 Å². The molecular weight excluding hydrogens is 306 g/mol. The summed E-state index contributed by atoms with van der Waals surface area (Å²) in [5.41, 5.74) is 5.99. The molecule has 0 saturated carbocycles. The van der Waals surface area contributed by atoms with Crippen LogP contribution in [-0.4, -0.2) is 30.0 Å². The Morgan fingerprint density at radius 1 is 0.920 bits per heavy atom. The Labute approximate surface area is 157 Å². The zero-order valence-electron chi connectivity index (χ0n) is 16.9. The van der Waals surface area contributed by atoms with Crippen LogP contribution in [0.15, 0.2) is 17.6 Å². The summed E-state index contributed by atoms with van der Waals surface area (Å²) in [5.74, 6) is 1.25. The molecule has 0 aromatic heterocycles. The van der Waals surface area contributed by atoms with Crippen molar-refractivity contribution in [1.82, 2.24) is 4.90 Å². The van der Waals surface area contributed by atoms with E-state index in [-0.39, 0.29) is 6.17 Å². The minimum atomic E-state index is 0.119. The van der Waals surface area contributed by atoms with Gasteiger partial charge in [0.1, 0.15) is 5.84 Å². The quantitative estimate of drug-likeness (QED) is 0.257. The topological polar surface area (TPSA) is 41.6 Å². The first-order valence-electron chi connectivity index (χ1n) is 10.9. The first kappa shape index (κ1) is 22.2. The van der Waals surface area contributed by atoms with Gasteiger partial charge in [-0.3, -0.25) is 4.99 Å². The fourth-order valence-electron chi connectivity index (χ4n) is 3.68. The van der Waals surface area contributed by atoms with Gasteiger partial charge in [0.05, 0.1) is 12.7 Å². The number of hydrogen-bond donors (Lipinski definition) is 1. The highest BCUT2D eigenvalue weighted by Gasteiger charge is 2.18. The highest BCUT2D eigenvalue weighted by Crippen LogP contribution is 2.15. The fraction of sp³-hybridized carbons (Fsp3) is 0.864. The van der Waals surface area contributed by atoms with Gasteiger partial charge in [-0.2, -0.15) is 0 Å². The standard InChI is InChI=1S/C22H43N3/c1-3-4-5-6-7-8-9-10-11-12-13-14-15-16-17-18-22-24-19-20-25(22)21(2)23/h3,21H,1,4-20,23H2,2H3. The number of allylic oxidation sites excluding steroid dienone is 1. The third-order valence-electron chi connectivity index (χ3n) is 5.27. The molecule has 1 aliphatic rings. The molecule has 0 aromatic rings. The van der Waals surface area contributed by atoms with Crippen molar-refractivity contribution in [2.45, 2.75) is 109 Å². The molecule has 0 fully saturated rings. The number of nitrogens with two attached hydrogens (primary N) is 1. The van der Waals surface area contributed by atoms with Crippen molar-refractivity contribution >= 4 is 5.84 Å². The zero-order chi connectivity index (χ0) is 18.2. The van der Waals surface area contributed by atoms with E-state index in [0.717, 1.165) is 19.5 Å². The van der Waals surface area contributed by atoms with Gasteiger partial charge in [-0.05, 0) is 26.2 Å². The third kappa shape index (κ3) is 11.4. The molecule has 2 N–H and O–H groups in total. The Balaban J connectivity index is 1.78. The zero-order valence-corrected chi connectivity index (χ0v) is 16.9. The van der Waals surface area contributed by atoms with Crippen molar-refractivity contribution in [3.05, 3.63) is 12.7 Å². The molecule has 25 heavy (non-hydrogen) atoms. The maximum Gasteiger partial charge on any atom is 0.100 e. The summed E-state index contributed by atoms with van der Waals surface area (Å²) < 4.78 is 0. The second-order valence-corrected chi connectivity index (χ2v) is 7.66. The van der Waals surface area contributed by atoms with Gasteiger partial charge in [-0.15, -0.1) is 6.58 Å². The Hall–Kier alpha value is -0.830. The summed E-state index contributed by atoms with van der Waals surface area (Å²) in [5, 5.41) is 0. The SMILES string of the molecule is C=CCCCCCCCCCCCCCCCC1=NCCN1C(C)N. The summed E-state index contributed by atoms with van der Waals surface area (Å²) in [7, 11) is 0. The largest absolute Gasteiger partial charge is 0.343 e. The molecule has 0 aliphatic carbocycles. The summed E-state index contributed by atoms with van der Waals surface area (Å²) in [4.78, 5) is 6.86. The molecular formula is C22H43N3. The second kappa shape index (κ2) is 15.4. The number of hydrogen-bond acceptors (Lipinski definition) is 3. The van der Waals surface area contributed by atoms with Crippen molar-refractivity contribution in [2.75, 3.05) is 13.1 Å². The molecule has 0 aromatic carbocycles. The van der Waals surface area contributed by atoms with Crippen LogP contribution < -0.4 is 5.73 Å². The average Bonchev–Trinajstić information content (AvgIpc) is 3.07. The summed E-state index contributed by atoms with van der Waals surface area (Å²) in [6, 6.07) is 0. The van der Waals surface area contributed by atoms with Gasteiger partial charge < -0.3 is 10.6 Å². The Morgan fingerprint density at radius 3 is 1.88 bits per heavy atom. The summed E-state index contributed by atoms with van der Waals surface area (Å²) >= 11 is 0. The van der Waals surface area contributed by atoms with Gasteiger partial charge in [0.15, 0.2) is 0 Å². The molecule has 0 spiro atoms. The lowest BCUT2D eigenvalue weighted by Crippen LogP contribution is -2.41. The van der Waals surface area contributed by atoms with E-state index in [9.17, 15) is 0 Å². The van der Waals surface area contributed by atoms with Crippen LogP contribution in [0.25, 0.3) is 0 Å². The van der Waals surface area contributed by atoms with Gasteiger partial charge in [0.2, 0.25) is 0 Å². The first-order chi connectivity index (χ1) is 12.3. The number of amidine groups is 1. The first-order valence-corrected chi connectivity index (χ1v) is 10.9. The number of unbranched alkanes of at least 4 members (excludes halogenated alkanes) is 13. The Bertz CT molecular complexity index is 349. The molecule has 3 nitrogen and oxygen atoms in total. The summed E-state index contributed by atoms with van der Waals surface area (Å²) in [6.07, 6.45) is 22.6. The van der Waals surface area contributed by atoms with Gasteiger partial charge in [-0.25, -0.2) is 0 Å². The second-order valence-electron chi connectivity index (χ2n) is 7.66. The van der Waals surface area contributed by atoms with Crippen LogP contribution in [0, 0.1) is 0 Å². The monoisotopic (exact) mass is 349 g/mol. The highest BCUT2D eigenvalue weighted by atomic mass is 15.3. The molecule has 0 bridgehead atoms. The van der Waals surface area contributed by atoms with Crippen LogP contribution >= 0.6 is 0 Å². The lowest BCUT2D eigenvalue weighted by atomic mass is 10.0. The van der Waals surface area contributed by atoms with E-state index in [1.54, 1.807) is 0 Å². The van der Waals surface area contributed by atoms with E-state index in [1.165, 1.54) is 95.7 Å². The van der Waals surface area contributed by atoms with Crippen LogP contribution in [0.3, 0.4) is 0 Å². The van der Waals surface area contributed by atoms with Gasteiger partial charge in [-0.1, -0.05) is 76.7 Å². The van der Waals surface area contributed by atoms with Crippen LogP contribution in [0.4, 0.5) is 0 Å². The number of aliphatic imine (C=N–C) groups is 1. The molecule has 1 rings (SSSR count). The van der Waals surface area contributed by atoms with E-state index in [1.807, 2.05) is 6.08 Å². The third-order valence-corrected chi connectivity index (χ3v) is 5.27. The predicted octanol–water partition coefficient (Wildman–Crippen LogP) is 6.04. The van der Waals surface area contributed by atoms with Crippen molar-refractivity contribution in [3.63, 3.8) is 0 Å². The molecule has 0 amide bonds. The lowest BCUT2D eigenvalue weighted by molar-refractivity contribution is 0.358. The van der Waals surface area contributed by atoms with Gasteiger partial charge >= 0.3 is 0 Å². The van der Waals surface area contributed by atoms with Crippen molar-refractivity contribution in [3.8, 4) is 0 Å². The van der Waals surface area contributed by atoms with E-state index in [2.05, 4.69) is 23.4 Å². The molecule has 1 atom stereocenters. The van der Waals surface area contributed by atoms with Crippen molar-refractivity contribution in [1.29, 1.82) is 0 Å². The van der Waals surface area contributed by atoms with Crippen LogP contribution in [0.5, 0.6) is 0 Å². The smallest absolute Gasteiger partial charge is 0.100 e. The van der Waals surface area contributed by atoms with E-state index in [4.69, 9.17) is 5.73 Å².